The highest BCUT2D eigenvalue weighted by Crippen LogP contribution is 2.25. The van der Waals surface area contributed by atoms with E-state index in [-0.39, 0.29) is 6.61 Å². The zero-order valence-electron chi connectivity index (χ0n) is 26.0. The van der Waals surface area contributed by atoms with Crippen LogP contribution in [0.1, 0.15) is 22.3 Å². The third kappa shape index (κ3) is 10.4. The highest BCUT2D eigenvalue weighted by Gasteiger charge is 2.32. The topological polar surface area (TPSA) is 58.6 Å². The molecule has 5 aromatic carbocycles. The Labute approximate surface area is 279 Å². The lowest BCUT2D eigenvalue weighted by molar-refractivity contribution is 0.135. The molecule has 46 heavy (non-hydrogen) atoms. The molecule has 0 aliphatic rings. The van der Waals surface area contributed by atoms with Crippen LogP contribution in [0, 0.1) is 6.92 Å². The summed E-state index contributed by atoms with van der Waals surface area (Å²) in [6.45, 7) is 4.02. The summed E-state index contributed by atoms with van der Waals surface area (Å²) in [5.41, 5.74) is 4.35. The number of alkyl carbamates (subject to hydrolysis) is 1. The largest absolute Gasteiger partial charge is 0.445 e. The van der Waals surface area contributed by atoms with Gasteiger partial charge in [-0.2, -0.15) is 0 Å². The lowest BCUT2D eigenvalue weighted by Crippen LogP contribution is -2.51. The number of benzene rings is 5. The van der Waals surface area contributed by atoms with E-state index in [1.165, 1.54) is 11.1 Å². The van der Waals surface area contributed by atoms with Gasteiger partial charge in [0.2, 0.25) is 0 Å². The van der Waals surface area contributed by atoms with Gasteiger partial charge < -0.3 is 10.1 Å². The molecule has 0 radical (unpaired) electrons. The number of carbonyl (C=O) groups excluding carboxylic acids is 1. The Bertz CT molecular complexity index is 1600. The van der Waals surface area contributed by atoms with Crippen LogP contribution in [0.3, 0.4) is 0 Å². The summed E-state index contributed by atoms with van der Waals surface area (Å²) in [6, 6.07) is 47.8. The molecule has 5 aromatic rings. The van der Waals surface area contributed by atoms with E-state index in [0.29, 0.717) is 25.4 Å². The third-order valence-corrected chi connectivity index (χ3v) is 10.5. The molecule has 3 atom stereocenters. The number of amides is 1. The van der Waals surface area contributed by atoms with Gasteiger partial charge in [-0.1, -0.05) is 127 Å². The van der Waals surface area contributed by atoms with Gasteiger partial charge in [0.15, 0.2) is 0 Å². The van der Waals surface area contributed by atoms with E-state index in [9.17, 15) is 9.00 Å². The quantitative estimate of drug-likeness (QED) is 0.116. The molecular formula is C39H40N2O3S2. The van der Waals surface area contributed by atoms with Crippen LogP contribution in [0.25, 0.3) is 0 Å². The Balaban J connectivity index is 1.46. The third-order valence-electron chi connectivity index (χ3n) is 7.60. The van der Waals surface area contributed by atoms with Crippen LogP contribution in [-0.2, 0) is 35.2 Å². The summed E-state index contributed by atoms with van der Waals surface area (Å²) in [5.74, 6) is 0.525. The van der Waals surface area contributed by atoms with Gasteiger partial charge >= 0.3 is 6.09 Å². The molecule has 1 N–H and O–H groups in total. The molecule has 1 amide bonds. The Kier molecular flexibility index (Phi) is 12.6. The van der Waals surface area contributed by atoms with Crippen molar-refractivity contribution in [2.75, 3.05) is 12.3 Å². The molecule has 7 heteroatoms. The fraction of sp³-hybridized carbons (Fsp3) is 0.205. The van der Waals surface area contributed by atoms with Crippen LogP contribution in [-0.4, -0.2) is 38.8 Å². The fourth-order valence-corrected chi connectivity index (χ4v) is 7.90. The van der Waals surface area contributed by atoms with Crippen molar-refractivity contribution in [1.29, 1.82) is 0 Å². The van der Waals surface area contributed by atoms with Gasteiger partial charge in [-0.25, -0.2) is 4.79 Å². The Morgan fingerprint density at radius 1 is 0.717 bits per heavy atom. The van der Waals surface area contributed by atoms with Crippen LogP contribution in [0.2, 0.25) is 0 Å². The molecule has 1 unspecified atom stereocenters. The number of carbonyl (C=O) groups is 1. The van der Waals surface area contributed by atoms with E-state index >= 15 is 0 Å². The number of ether oxygens (including phenoxy) is 1. The first-order valence-corrected chi connectivity index (χ1v) is 17.7. The van der Waals surface area contributed by atoms with Crippen molar-refractivity contribution in [1.82, 2.24) is 10.2 Å². The standard InChI is InChI=1S/C39H40N2O3S2/c1-31-22-24-36(25-23-31)46(43)38(28-41(26-32-14-6-2-7-15-32)27-33-16-8-3-9-17-33)37(30-45-35-20-12-5-13-21-35)40-39(42)44-29-34-18-10-4-11-19-34/h2-25,37-38H,26-30H2,1H3,(H,40,42)/t37-,38+,46?/m0/s1. The molecule has 0 aliphatic heterocycles. The first-order valence-electron chi connectivity index (χ1n) is 15.5. The van der Waals surface area contributed by atoms with E-state index in [2.05, 4.69) is 46.6 Å². The fourth-order valence-electron chi connectivity index (χ4n) is 5.17. The molecule has 5 nitrogen and oxygen atoms in total. The van der Waals surface area contributed by atoms with Crippen LogP contribution >= 0.6 is 11.8 Å². The number of rotatable bonds is 15. The SMILES string of the molecule is Cc1ccc(S(=O)[C@H](CN(Cc2ccccc2)Cc2ccccc2)[C@H](CSc2ccccc2)NC(=O)OCc2ccccc2)cc1. The Morgan fingerprint density at radius 2 is 1.22 bits per heavy atom. The first-order chi connectivity index (χ1) is 22.5. The van der Waals surface area contributed by atoms with Crippen molar-refractivity contribution in [3.63, 3.8) is 0 Å². The lowest BCUT2D eigenvalue weighted by Gasteiger charge is -2.32. The number of aryl methyl sites for hydroxylation is 1. The molecule has 0 aliphatic carbocycles. The second-order valence-corrected chi connectivity index (χ2v) is 14.0. The number of hydrogen-bond acceptors (Lipinski definition) is 5. The van der Waals surface area contributed by atoms with Gasteiger partial charge in [0.1, 0.15) is 6.61 Å². The zero-order valence-corrected chi connectivity index (χ0v) is 27.7. The number of thioether (sulfide) groups is 1. The van der Waals surface area contributed by atoms with Crippen molar-refractivity contribution in [3.05, 3.63) is 168 Å². The average molecular weight is 649 g/mol. The van der Waals surface area contributed by atoms with Gasteiger partial charge in [-0.15, -0.1) is 11.8 Å². The second kappa shape index (κ2) is 17.5. The Hall–Kier alpha value is -4.17. The molecule has 236 valence electrons. The minimum Gasteiger partial charge on any atom is -0.445 e. The number of nitrogens with one attached hydrogen (secondary N) is 1. The van der Waals surface area contributed by atoms with Gasteiger partial charge in [-0.3, -0.25) is 9.11 Å². The lowest BCUT2D eigenvalue weighted by atomic mass is 10.1. The highest BCUT2D eigenvalue weighted by molar-refractivity contribution is 7.99. The second-order valence-electron chi connectivity index (χ2n) is 11.2. The number of nitrogens with zero attached hydrogens (tertiary/aromatic N) is 1. The molecule has 0 fully saturated rings. The summed E-state index contributed by atoms with van der Waals surface area (Å²) in [5, 5.41) is 2.72. The van der Waals surface area contributed by atoms with Crippen molar-refractivity contribution in [2.45, 2.75) is 47.7 Å². The summed E-state index contributed by atoms with van der Waals surface area (Å²) in [6.07, 6.45) is -0.522. The maximum absolute atomic E-state index is 14.6. The van der Waals surface area contributed by atoms with Crippen molar-refractivity contribution in [2.24, 2.45) is 0 Å². The molecule has 0 spiro atoms. The smallest absolute Gasteiger partial charge is 0.407 e. The monoisotopic (exact) mass is 648 g/mol. The summed E-state index contributed by atoms with van der Waals surface area (Å²) < 4.78 is 20.3. The molecule has 0 aromatic heterocycles. The van der Waals surface area contributed by atoms with Crippen LogP contribution in [0.4, 0.5) is 4.79 Å². The van der Waals surface area contributed by atoms with Gasteiger partial charge in [-0.05, 0) is 47.9 Å². The van der Waals surface area contributed by atoms with Crippen LogP contribution < -0.4 is 5.32 Å². The van der Waals surface area contributed by atoms with Crippen molar-refractivity contribution < 1.29 is 13.7 Å². The summed E-state index contributed by atoms with van der Waals surface area (Å²) in [4.78, 5) is 17.5. The van der Waals surface area contributed by atoms with Crippen LogP contribution in [0.5, 0.6) is 0 Å². The maximum Gasteiger partial charge on any atom is 0.407 e. The number of hydrogen-bond donors (Lipinski definition) is 1. The average Bonchev–Trinajstić information content (AvgIpc) is 3.10. The molecule has 0 heterocycles. The van der Waals surface area contributed by atoms with Crippen molar-refractivity contribution >= 4 is 28.7 Å². The summed E-state index contributed by atoms with van der Waals surface area (Å²) >= 11 is 1.64. The van der Waals surface area contributed by atoms with Gasteiger partial charge in [0.05, 0.1) is 22.1 Å². The zero-order chi connectivity index (χ0) is 32.0. The normalized spacial score (nSPS) is 13.1. The van der Waals surface area contributed by atoms with E-state index in [0.717, 1.165) is 20.9 Å². The molecular weight excluding hydrogens is 609 g/mol. The minimum absolute atomic E-state index is 0.158. The molecule has 5 rings (SSSR count). The molecule has 0 bridgehead atoms. The van der Waals surface area contributed by atoms with E-state index < -0.39 is 28.2 Å². The van der Waals surface area contributed by atoms with E-state index in [4.69, 9.17) is 4.74 Å². The summed E-state index contributed by atoms with van der Waals surface area (Å²) in [7, 11) is -1.44. The van der Waals surface area contributed by atoms with Crippen LogP contribution in [0.15, 0.2) is 155 Å². The van der Waals surface area contributed by atoms with E-state index in [1.807, 2.05) is 116 Å². The van der Waals surface area contributed by atoms with Gasteiger partial charge in [0.25, 0.3) is 0 Å². The maximum atomic E-state index is 14.6. The highest BCUT2D eigenvalue weighted by atomic mass is 32.2. The Morgan fingerprint density at radius 3 is 1.76 bits per heavy atom. The first kappa shape index (κ1) is 33.2. The molecule has 0 saturated heterocycles. The van der Waals surface area contributed by atoms with Gasteiger partial charge in [0, 0.05) is 35.2 Å². The minimum atomic E-state index is -1.44. The predicted molar refractivity (Wildman–Crippen MR) is 189 cm³/mol. The van der Waals surface area contributed by atoms with E-state index in [1.54, 1.807) is 11.8 Å². The van der Waals surface area contributed by atoms with Crippen molar-refractivity contribution in [3.8, 4) is 0 Å². The predicted octanol–water partition coefficient (Wildman–Crippen LogP) is 8.26. The molecule has 0 saturated carbocycles.